The number of hydrogen-bond acceptors (Lipinski definition) is 1. The van der Waals surface area contributed by atoms with E-state index in [1.54, 1.807) is 4.90 Å². The molecule has 1 aromatic rings. The van der Waals surface area contributed by atoms with Crippen LogP contribution < -0.4 is 0 Å². The Morgan fingerprint density at radius 3 is 2.59 bits per heavy atom. The summed E-state index contributed by atoms with van der Waals surface area (Å²) in [7, 11) is 1.87. The van der Waals surface area contributed by atoms with Crippen molar-refractivity contribution >= 4 is 21.8 Å². The van der Waals surface area contributed by atoms with Gasteiger partial charge in [0.15, 0.2) is 0 Å². The maximum atomic E-state index is 12.1. The van der Waals surface area contributed by atoms with E-state index in [0.29, 0.717) is 0 Å². The van der Waals surface area contributed by atoms with E-state index in [2.05, 4.69) is 22.9 Å². The Labute approximate surface area is 112 Å². The highest BCUT2D eigenvalue weighted by Gasteiger charge is 2.11. The molecule has 2 nitrogen and oxygen atoms in total. The second kappa shape index (κ2) is 6.80. The average molecular weight is 298 g/mol. The normalized spacial score (nSPS) is 10.4. The van der Waals surface area contributed by atoms with Gasteiger partial charge in [-0.3, -0.25) is 4.79 Å². The van der Waals surface area contributed by atoms with Crippen molar-refractivity contribution in [2.24, 2.45) is 0 Å². The van der Waals surface area contributed by atoms with Gasteiger partial charge in [-0.1, -0.05) is 35.7 Å². The van der Waals surface area contributed by atoms with Crippen LogP contribution in [0.2, 0.25) is 0 Å². The Balaban J connectivity index is 2.68. The van der Waals surface area contributed by atoms with E-state index in [-0.39, 0.29) is 5.91 Å². The number of amides is 1. The van der Waals surface area contributed by atoms with E-state index < -0.39 is 0 Å². The summed E-state index contributed by atoms with van der Waals surface area (Å²) in [4.78, 5) is 14.0. The first kappa shape index (κ1) is 14.2. The molecule has 3 heteroatoms. The summed E-state index contributed by atoms with van der Waals surface area (Å²) in [5.74, 6) is 0.102. The first-order chi connectivity index (χ1) is 8.04. The fourth-order valence-electron chi connectivity index (χ4n) is 1.78. The summed E-state index contributed by atoms with van der Waals surface area (Å²) < 4.78 is 0.961. The predicted molar refractivity (Wildman–Crippen MR) is 75.4 cm³/mol. The standard InChI is InChI=1S/C14H20BrNO/c1-4-5-6-7-16(3)14(17)12-8-11(2)9-13(15)10-12/h8-10H,4-7H2,1-3H3. The van der Waals surface area contributed by atoms with E-state index >= 15 is 0 Å². The molecule has 0 unspecified atom stereocenters. The van der Waals surface area contributed by atoms with Crippen LogP contribution in [0, 0.1) is 6.92 Å². The number of hydrogen-bond donors (Lipinski definition) is 0. The molecule has 0 heterocycles. The zero-order valence-corrected chi connectivity index (χ0v) is 12.4. The molecule has 0 atom stereocenters. The van der Waals surface area contributed by atoms with Gasteiger partial charge in [-0.2, -0.15) is 0 Å². The molecule has 94 valence electrons. The molecule has 1 amide bonds. The van der Waals surface area contributed by atoms with Crippen LogP contribution >= 0.6 is 15.9 Å². The van der Waals surface area contributed by atoms with Crippen molar-refractivity contribution in [1.29, 1.82) is 0 Å². The Kier molecular flexibility index (Phi) is 5.69. The van der Waals surface area contributed by atoms with Gasteiger partial charge < -0.3 is 4.90 Å². The number of halogens is 1. The van der Waals surface area contributed by atoms with E-state index in [0.717, 1.165) is 28.6 Å². The van der Waals surface area contributed by atoms with Crippen molar-refractivity contribution in [3.05, 3.63) is 33.8 Å². The van der Waals surface area contributed by atoms with Crippen LogP contribution in [0.4, 0.5) is 0 Å². The van der Waals surface area contributed by atoms with Crippen molar-refractivity contribution in [2.45, 2.75) is 33.1 Å². The van der Waals surface area contributed by atoms with E-state index in [4.69, 9.17) is 0 Å². The third-order valence-corrected chi connectivity index (χ3v) is 3.19. The molecular weight excluding hydrogens is 278 g/mol. The number of carbonyl (C=O) groups excluding carboxylic acids is 1. The minimum atomic E-state index is 0.102. The highest BCUT2D eigenvalue weighted by atomic mass is 79.9. The van der Waals surface area contributed by atoms with Gasteiger partial charge in [-0.05, 0) is 37.1 Å². The maximum Gasteiger partial charge on any atom is 0.253 e. The molecular formula is C14H20BrNO. The molecule has 0 aliphatic heterocycles. The fraction of sp³-hybridized carbons (Fsp3) is 0.500. The average Bonchev–Trinajstić information content (AvgIpc) is 2.27. The van der Waals surface area contributed by atoms with Gasteiger partial charge in [-0.15, -0.1) is 0 Å². The lowest BCUT2D eigenvalue weighted by Gasteiger charge is -2.17. The zero-order chi connectivity index (χ0) is 12.8. The number of aryl methyl sites for hydroxylation is 1. The number of unbranched alkanes of at least 4 members (excludes halogenated alkanes) is 2. The van der Waals surface area contributed by atoms with Crippen molar-refractivity contribution in [1.82, 2.24) is 4.90 Å². The van der Waals surface area contributed by atoms with Gasteiger partial charge in [0.2, 0.25) is 0 Å². The highest BCUT2D eigenvalue weighted by Crippen LogP contribution is 2.16. The summed E-state index contributed by atoms with van der Waals surface area (Å²) in [6.07, 6.45) is 3.43. The Bertz CT molecular complexity index is 370. The van der Waals surface area contributed by atoms with Gasteiger partial charge in [0, 0.05) is 23.6 Å². The SMILES string of the molecule is CCCCCN(C)C(=O)c1cc(C)cc(Br)c1. The molecule has 17 heavy (non-hydrogen) atoms. The largest absolute Gasteiger partial charge is 0.342 e. The summed E-state index contributed by atoms with van der Waals surface area (Å²) >= 11 is 3.42. The molecule has 1 rings (SSSR count). The first-order valence-electron chi connectivity index (χ1n) is 6.07. The molecule has 0 saturated heterocycles. The quantitative estimate of drug-likeness (QED) is 0.752. The third-order valence-electron chi connectivity index (χ3n) is 2.73. The minimum Gasteiger partial charge on any atom is -0.342 e. The molecule has 0 radical (unpaired) electrons. The van der Waals surface area contributed by atoms with Crippen molar-refractivity contribution in [2.75, 3.05) is 13.6 Å². The van der Waals surface area contributed by atoms with Crippen molar-refractivity contribution in [3.63, 3.8) is 0 Å². The van der Waals surface area contributed by atoms with Gasteiger partial charge in [0.05, 0.1) is 0 Å². The Hall–Kier alpha value is -0.830. The Morgan fingerprint density at radius 1 is 1.29 bits per heavy atom. The van der Waals surface area contributed by atoms with Gasteiger partial charge in [0.1, 0.15) is 0 Å². The lowest BCUT2D eigenvalue weighted by molar-refractivity contribution is 0.0792. The van der Waals surface area contributed by atoms with Crippen LogP contribution in [0.15, 0.2) is 22.7 Å². The second-order valence-electron chi connectivity index (χ2n) is 4.45. The molecule has 1 aromatic carbocycles. The molecule has 0 fully saturated rings. The van der Waals surface area contributed by atoms with Crippen LogP contribution in [-0.4, -0.2) is 24.4 Å². The summed E-state index contributed by atoms with van der Waals surface area (Å²) in [5.41, 5.74) is 1.86. The van der Waals surface area contributed by atoms with E-state index in [1.807, 2.05) is 32.2 Å². The maximum absolute atomic E-state index is 12.1. The second-order valence-corrected chi connectivity index (χ2v) is 5.37. The minimum absolute atomic E-state index is 0.102. The highest BCUT2D eigenvalue weighted by molar-refractivity contribution is 9.10. The zero-order valence-electron chi connectivity index (χ0n) is 10.8. The van der Waals surface area contributed by atoms with Crippen LogP contribution in [-0.2, 0) is 0 Å². The summed E-state index contributed by atoms with van der Waals surface area (Å²) in [5, 5.41) is 0. The molecule has 0 spiro atoms. The topological polar surface area (TPSA) is 20.3 Å². The molecule has 0 saturated carbocycles. The van der Waals surface area contributed by atoms with Gasteiger partial charge in [0.25, 0.3) is 5.91 Å². The number of nitrogens with zero attached hydrogens (tertiary/aromatic N) is 1. The third kappa shape index (κ3) is 4.50. The number of benzene rings is 1. The molecule has 0 aliphatic carbocycles. The monoisotopic (exact) mass is 297 g/mol. The van der Waals surface area contributed by atoms with E-state index in [1.165, 1.54) is 12.8 Å². The van der Waals surface area contributed by atoms with Crippen molar-refractivity contribution in [3.8, 4) is 0 Å². The van der Waals surface area contributed by atoms with Gasteiger partial charge >= 0.3 is 0 Å². The summed E-state index contributed by atoms with van der Waals surface area (Å²) in [6, 6.07) is 5.82. The van der Waals surface area contributed by atoms with Crippen LogP contribution in [0.3, 0.4) is 0 Å². The predicted octanol–water partition coefficient (Wildman–Crippen LogP) is 4.02. The lowest BCUT2D eigenvalue weighted by atomic mass is 10.1. The lowest BCUT2D eigenvalue weighted by Crippen LogP contribution is -2.27. The number of rotatable bonds is 5. The number of carbonyl (C=O) groups is 1. The molecule has 0 bridgehead atoms. The molecule has 0 aromatic heterocycles. The van der Waals surface area contributed by atoms with Crippen molar-refractivity contribution < 1.29 is 4.79 Å². The first-order valence-corrected chi connectivity index (χ1v) is 6.86. The Morgan fingerprint density at radius 2 is 2.00 bits per heavy atom. The summed E-state index contributed by atoms with van der Waals surface area (Å²) in [6.45, 7) is 5.00. The van der Waals surface area contributed by atoms with Crippen LogP contribution in [0.25, 0.3) is 0 Å². The van der Waals surface area contributed by atoms with Gasteiger partial charge in [-0.25, -0.2) is 0 Å². The molecule has 0 N–H and O–H groups in total. The fourth-order valence-corrected chi connectivity index (χ4v) is 2.39. The van der Waals surface area contributed by atoms with E-state index in [9.17, 15) is 4.79 Å². The molecule has 0 aliphatic rings. The van der Waals surface area contributed by atoms with Crippen LogP contribution in [0.5, 0.6) is 0 Å². The van der Waals surface area contributed by atoms with Crippen LogP contribution in [0.1, 0.15) is 42.1 Å². The smallest absolute Gasteiger partial charge is 0.253 e.